The zero-order valence-electron chi connectivity index (χ0n) is 15.5. The van der Waals surface area contributed by atoms with Crippen LogP contribution in [0.4, 0.5) is 0 Å². The summed E-state index contributed by atoms with van der Waals surface area (Å²) >= 11 is 0. The lowest BCUT2D eigenvalue weighted by Gasteiger charge is -2.05. The molecule has 2 aromatic heterocycles. The topological polar surface area (TPSA) is 70.4 Å². The normalized spacial score (nSPS) is 10.7. The number of pyridine rings is 1. The summed E-state index contributed by atoms with van der Waals surface area (Å²) in [6.07, 6.45) is 6.26. The van der Waals surface area contributed by atoms with E-state index in [4.69, 9.17) is 9.47 Å². The Morgan fingerprint density at radius 3 is 2.74 bits per heavy atom. The molecular formula is C21H22N2O4. The van der Waals surface area contributed by atoms with Crippen LogP contribution in [0.15, 0.2) is 48.9 Å². The van der Waals surface area contributed by atoms with E-state index < -0.39 is 0 Å². The number of ether oxygens (including phenoxy) is 2. The van der Waals surface area contributed by atoms with E-state index in [-0.39, 0.29) is 24.6 Å². The van der Waals surface area contributed by atoms with Crippen molar-refractivity contribution < 1.29 is 19.1 Å². The number of nitrogens with zero attached hydrogens (tertiary/aromatic N) is 2. The van der Waals surface area contributed by atoms with Crippen LogP contribution in [0.1, 0.15) is 36.5 Å². The van der Waals surface area contributed by atoms with Gasteiger partial charge in [-0.2, -0.15) is 0 Å². The van der Waals surface area contributed by atoms with Crippen molar-refractivity contribution in [1.82, 2.24) is 9.55 Å². The minimum Gasteiger partial charge on any atom is -0.497 e. The van der Waals surface area contributed by atoms with E-state index in [2.05, 4.69) is 4.98 Å². The minimum absolute atomic E-state index is 0.0137. The number of benzene rings is 1. The summed E-state index contributed by atoms with van der Waals surface area (Å²) in [4.78, 5) is 28.5. The molecule has 0 atom stereocenters. The highest BCUT2D eigenvalue weighted by atomic mass is 16.5. The maximum Gasteiger partial charge on any atom is 0.305 e. The molecule has 0 bridgehead atoms. The lowest BCUT2D eigenvalue weighted by Crippen LogP contribution is -2.05. The van der Waals surface area contributed by atoms with E-state index in [0.717, 1.165) is 16.6 Å². The number of esters is 1. The Morgan fingerprint density at radius 2 is 2.04 bits per heavy atom. The van der Waals surface area contributed by atoms with Gasteiger partial charge in [0.15, 0.2) is 5.78 Å². The van der Waals surface area contributed by atoms with Crippen LogP contribution in [0.2, 0.25) is 0 Å². The summed E-state index contributed by atoms with van der Waals surface area (Å²) in [6.45, 7) is 2.12. The van der Waals surface area contributed by atoms with Gasteiger partial charge in [-0.05, 0) is 43.7 Å². The van der Waals surface area contributed by atoms with Gasteiger partial charge in [-0.15, -0.1) is 0 Å². The second-order valence-electron chi connectivity index (χ2n) is 6.09. The second-order valence-corrected chi connectivity index (χ2v) is 6.09. The van der Waals surface area contributed by atoms with Crippen LogP contribution >= 0.6 is 0 Å². The number of hydrogen-bond donors (Lipinski definition) is 0. The van der Waals surface area contributed by atoms with Crippen molar-refractivity contribution >= 4 is 22.7 Å². The Balaban J connectivity index is 1.92. The van der Waals surface area contributed by atoms with Gasteiger partial charge >= 0.3 is 5.97 Å². The number of hydrogen-bond acceptors (Lipinski definition) is 5. The third-order valence-corrected chi connectivity index (χ3v) is 4.33. The van der Waals surface area contributed by atoms with Gasteiger partial charge in [0.25, 0.3) is 0 Å². The van der Waals surface area contributed by atoms with Crippen molar-refractivity contribution in [2.45, 2.75) is 26.2 Å². The summed E-state index contributed by atoms with van der Waals surface area (Å²) < 4.78 is 12.2. The van der Waals surface area contributed by atoms with Crippen molar-refractivity contribution in [1.29, 1.82) is 0 Å². The van der Waals surface area contributed by atoms with E-state index in [1.807, 2.05) is 41.1 Å². The first kappa shape index (κ1) is 18.6. The van der Waals surface area contributed by atoms with Crippen LogP contribution in [-0.2, 0) is 9.53 Å². The molecular weight excluding hydrogens is 344 g/mol. The molecule has 0 N–H and O–H groups in total. The molecule has 140 valence electrons. The molecule has 0 radical (unpaired) electrons. The van der Waals surface area contributed by atoms with Crippen molar-refractivity contribution in [2.24, 2.45) is 0 Å². The molecule has 0 saturated carbocycles. The lowest BCUT2D eigenvalue weighted by molar-refractivity contribution is -0.143. The van der Waals surface area contributed by atoms with Gasteiger partial charge in [-0.1, -0.05) is 0 Å². The Labute approximate surface area is 157 Å². The fraction of sp³-hybridized carbons (Fsp3) is 0.286. The predicted molar refractivity (Wildman–Crippen MR) is 102 cm³/mol. The number of methoxy groups -OCH3 is 1. The average Bonchev–Trinajstić information content (AvgIpc) is 3.07. The first-order valence-electron chi connectivity index (χ1n) is 8.92. The van der Waals surface area contributed by atoms with Crippen LogP contribution < -0.4 is 4.74 Å². The van der Waals surface area contributed by atoms with Gasteiger partial charge in [0.05, 0.1) is 31.1 Å². The Bertz CT molecular complexity index is 947. The molecule has 0 fully saturated rings. The number of rotatable bonds is 8. The van der Waals surface area contributed by atoms with Gasteiger partial charge in [0.2, 0.25) is 0 Å². The molecule has 6 nitrogen and oxygen atoms in total. The van der Waals surface area contributed by atoms with Crippen molar-refractivity contribution in [3.8, 4) is 11.4 Å². The Hall–Kier alpha value is -3.15. The third kappa shape index (κ3) is 4.16. The van der Waals surface area contributed by atoms with Crippen molar-refractivity contribution in [2.75, 3.05) is 13.7 Å². The highest BCUT2D eigenvalue weighted by molar-refractivity contribution is 6.08. The molecule has 0 spiro atoms. The molecule has 0 aliphatic rings. The summed E-state index contributed by atoms with van der Waals surface area (Å²) in [5.41, 5.74) is 2.38. The lowest BCUT2D eigenvalue weighted by atomic mass is 10.0. The first-order chi connectivity index (χ1) is 13.1. The van der Waals surface area contributed by atoms with Crippen LogP contribution in [0, 0.1) is 0 Å². The molecule has 3 aromatic rings. The van der Waals surface area contributed by atoms with Crippen LogP contribution in [0.5, 0.6) is 5.75 Å². The molecule has 6 heteroatoms. The number of carbonyl (C=O) groups is 2. The highest BCUT2D eigenvalue weighted by Crippen LogP contribution is 2.29. The number of carbonyl (C=O) groups excluding carboxylic acids is 2. The fourth-order valence-electron chi connectivity index (χ4n) is 3.03. The third-order valence-electron chi connectivity index (χ3n) is 4.33. The molecule has 0 aliphatic heterocycles. The quantitative estimate of drug-likeness (QED) is 0.446. The molecule has 1 aromatic carbocycles. The number of aromatic nitrogens is 2. The Kier molecular flexibility index (Phi) is 5.86. The van der Waals surface area contributed by atoms with Gasteiger partial charge < -0.3 is 14.0 Å². The maximum atomic E-state index is 12.8. The highest BCUT2D eigenvalue weighted by Gasteiger charge is 2.17. The first-order valence-corrected chi connectivity index (χ1v) is 8.92. The fourth-order valence-corrected chi connectivity index (χ4v) is 3.03. The Morgan fingerprint density at radius 1 is 1.19 bits per heavy atom. The van der Waals surface area contributed by atoms with Gasteiger partial charge in [-0.25, -0.2) is 0 Å². The van der Waals surface area contributed by atoms with Crippen LogP contribution in [0.3, 0.4) is 0 Å². The predicted octanol–water partition coefficient (Wildman–Crippen LogP) is 3.95. The molecule has 0 saturated heterocycles. The second kappa shape index (κ2) is 8.49. The summed E-state index contributed by atoms with van der Waals surface area (Å²) in [5.74, 6) is 0.400. The molecule has 27 heavy (non-hydrogen) atoms. The summed E-state index contributed by atoms with van der Waals surface area (Å²) in [5, 5.41) is 0.819. The largest absolute Gasteiger partial charge is 0.497 e. The standard InChI is InChI=1S/C21H22N2O4/c1-3-27-21(25)8-4-7-20(24)18-14-23(15-6-5-11-22-13-15)19-10-9-16(26-2)12-17(18)19/h5-6,9-14H,3-4,7-8H2,1-2H3. The van der Waals surface area contributed by atoms with Gasteiger partial charge in [0, 0.05) is 36.2 Å². The van der Waals surface area contributed by atoms with Crippen molar-refractivity contribution in [3.63, 3.8) is 0 Å². The molecule has 3 rings (SSSR count). The zero-order chi connectivity index (χ0) is 19.2. The van der Waals surface area contributed by atoms with E-state index in [1.54, 1.807) is 26.4 Å². The van der Waals surface area contributed by atoms with E-state index in [0.29, 0.717) is 24.3 Å². The molecule has 0 aliphatic carbocycles. The molecule has 0 unspecified atom stereocenters. The number of fused-ring (bicyclic) bond motifs is 1. The van der Waals surface area contributed by atoms with Gasteiger partial charge in [0.1, 0.15) is 5.75 Å². The average molecular weight is 366 g/mol. The van der Waals surface area contributed by atoms with Crippen LogP contribution in [0.25, 0.3) is 16.6 Å². The monoisotopic (exact) mass is 366 g/mol. The molecule has 0 amide bonds. The molecule has 2 heterocycles. The SMILES string of the molecule is CCOC(=O)CCCC(=O)c1cn(-c2cccnc2)c2ccc(OC)cc12. The zero-order valence-corrected chi connectivity index (χ0v) is 15.5. The summed E-state index contributed by atoms with van der Waals surface area (Å²) in [7, 11) is 1.60. The number of Topliss-reactive ketones (excluding diaryl/α,β-unsaturated/α-hetero) is 1. The maximum absolute atomic E-state index is 12.8. The van der Waals surface area contributed by atoms with E-state index in [1.165, 1.54) is 0 Å². The van der Waals surface area contributed by atoms with Gasteiger partial charge in [-0.3, -0.25) is 14.6 Å². The smallest absolute Gasteiger partial charge is 0.305 e. The van der Waals surface area contributed by atoms with E-state index >= 15 is 0 Å². The van der Waals surface area contributed by atoms with Crippen LogP contribution in [-0.4, -0.2) is 35.0 Å². The summed E-state index contributed by atoms with van der Waals surface area (Å²) in [6, 6.07) is 9.44. The number of ketones is 1. The minimum atomic E-state index is -0.273. The van der Waals surface area contributed by atoms with E-state index in [9.17, 15) is 9.59 Å². The van der Waals surface area contributed by atoms with Crippen molar-refractivity contribution in [3.05, 3.63) is 54.5 Å².